The Balaban J connectivity index is 2.07. The maximum atomic E-state index is 12.1. The summed E-state index contributed by atoms with van der Waals surface area (Å²) in [5, 5.41) is 11.9. The van der Waals surface area contributed by atoms with Gasteiger partial charge in [0.05, 0.1) is 6.04 Å². The summed E-state index contributed by atoms with van der Waals surface area (Å²) < 4.78 is 0. The molecule has 2 rings (SSSR count). The highest BCUT2D eigenvalue weighted by atomic mass is 16.2. The Kier molecular flexibility index (Phi) is 4.09. The minimum atomic E-state index is -0.283. The highest BCUT2D eigenvalue weighted by Gasteiger charge is 2.13. The van der Waals surface area contributed by atoms with Crippen molar-refractivity contribution < 1.29 is 9.59 Å². The van der Waals surface area contributed by atoms with Crippen LogP contribution in [0.3, 0.4) is 0 Å². The maximum absolute atomic E-state index is 12.1. The van der Waals surface area contributed by atoms with E-state index in [9.17, 15) is 9.59 Å². The monoisotopic (exact) mass is 273 g/mol. The summed E-state index contributed by atoms with van der Waals surface area (Å²) in [5.74, 6) is 0.148. The zero-order chi connectivity index (χ0) is 14.5. The van der Waals surface area contributed by atoms with Gasteiger partial charge in [-0.05, 0) is 25.1 Å². The van der Waals surface area contributed by atoms with Crippen LogP contribution in [0.15, 0.2) is 30.6 Å². The van der Waals surface area contributed by atoms with Gasteiger partial charge in [0, 0.05) is 18.2 Å². The highest BCUT2D eigenvalue weighted by molar-refractivity contribution is 5.96. The standard InChI is InChI=1S/C13H15N5O2/c1-8(12-14-7-15-18-12)16-13(20)10-4-3-5-11(6-10)17-9(2)19/h3-8H,1-2H3,(H,16,20)(H,17,19)(H,14,15,18). The van der Waals surface area contributed by atoms with Crippen LogP contribution >= 0.6 is 0 Å². The first-order valence-electron chi connectivity index (χ1n) is 6.10. The van der Waals surface area contributed by atoms with Crippen molar-refractivity contribution in [2.24, 2.45) is 0 Å². The predicted molar refractivity (Wildman–Crippen MR) is 73.0 cm³/mol. The average Bonchev–Trinajstić information content (AvgIpc) is 2.92. The lowest BCUT2D eigenvalue weighted by Crippen LogP contribution is -2.27. The second-order valence-corrected chi connectivity index (χ2v) is 4.33. The van der Waals surface area contributed by atoms with Crippen LogP contribution in [-0.4, -0.2) is 27.0 Å². The van der Waals surface area contributed by atoms with E-state index < -0.39 is 0 Å². The van der Waals surface area contributed by atoms with Crippen molar-refractivity contribution in [1.29, 1.82) is 0 Å². The van der Waals surface area contributed by atoms with Gasteiger partial charge in [0.1, 0.15) is 12.2 Å². The van der Waals surface area contributed by atoms with Crippen molar-refractivity contribution in [3.8, 4) is 0 Å². The number of carbonyl (C=O) groups is 2. The van der Waals surface area contributed by atoms with E-state index in [0.717, 1.165) is 0 Å². The Labute approximate surface area is 115 Å². The molecule has 1 aromatic heterocycles. The van der Waals surface area contributed by atoms with Crippen LogP contribution in [-0.2, 0) is 4.79 Å². The van der Waals surface area contributed by atoms with Crippen molar-refractivity contribution in [1.82, 2.24) is 20.5 Å². The number of hydrogen-bond donors (Lipinski definition) is 3. The summed E-state index contributed by atoms with van der Waals surface area (Å²) in [7, 11) is 0. The van der Waals surface area contributed by atoms with Gasteiger partial charge < -0.3 is 10.6 Å². The lowest BCUT2D eigenvalue weighted by molar-refractivity contribution is -0.114. The average molecular weight is 273 g/mol. The molecule has 1 atom stereocenters. The predicted octanol–water partition coefficient (Wildman–Crippen LogP) is 1.25. The van der Waals surface area contributed by atoms with Gasteiger partial charge in [-0.2, -0.15) is 5.10 Å². The number of nitrogens with one attached hydrogen (secondary N) is 3. The first-order valence-corrected chi connectivity index (χ1v) is 6.10. The minimum absolute atomic E-state index is 0.183. The lowest BCUT2D eigenvalue weighted by atomic mass is 10.1. The summed E-state index contributed by atoms with van der Waals surface area (Å²) in [6, 6.07) is 6.43. The number of amides is 2. The molecule has 0 saturated carbocycles. The molecule has 7 nitrogen and oxygen atoms in total. The summed E-state index contributed by atoms with van der Waals surface area (Å²) in [6.45, 7) is 3.22. The normalized spacial score (nSPS) is 11.7. The molecule has 0 radical (unpaired) electrons. The van der Waals surface area contributed by atoms with Crippen LogP contribution in [0.25, 0.3) is 0 Å². The zero-order valence-corrected chi connectivity index (χ0v) is 11.2. The van der Waals surface area contributed by atoms with E-state index >= 15 is 0 Å². The molecule has 7 heteroatoms. The van der Waals surface area contributed by atoms with E-state index in [1.807, 2.05) is 0 Å². The van der Waals surface area contributed by atoms with Crippen LogP contribution in [0.2, 0.25) is 0 Å². The molecule has 0 aliphatic carbocycles. The molecule has 0 fully saturated rings. The molecule has 0 bridgehead atoms. The molecule has 0 aliphatic heterocycles. The second kappa shape index (κ2) is 5.96. The number of rotatable bonds is 4. The van der Waals surface area contributed by atoms with Gasteiger partial charge in [-0.3, -0.25) is 14.7 Å². The van der Waals surface area contributed by atoms with E-state index in [1.54, 1.807) is 31.2 Å². The fraction of sp³-hybridized carbons (Fsp3) is 0.231. The number of benzene rings is 1. The zero-order valence-electron chi connectivity index (χ0n) is 11.2. The summed E-state index contributed by atoms with van der Waals surface area (Å²) in [4.78, 5) is 27.1. The fourth-order valence-corrected chi connectivity index (χ4v) is 1.71. The van der Waals surface area contributed by atoms with E-state index in [0.29, 0.717) is 17.1 Å². The first kappa shape index (κ1) is 13.7. The number of anilines is 1. The number of aromatic amines is 1. The number of aromatic nitrogens is 3. The first-order chi connectivity index (χ1) is 9.56. The van der Waals surface area contributed by atoms with Crippen LogP contribution in [0, 0.1) is 0 Å². The molecule has 20 heavy (non-hydrogen) atoms. The van der Waals surface area contributed by atoms with Crippen molar-refractivity contribution in [3.05, 3.63) is 42.0 Å². The lowest BCUT2D eigenvalue weighted by Gasteiger charge is -2.11. The molecule has 1 heterocycles. The van der Waals surface area contributed by atoms with E-state index in [4.69, 9.17) is 0 Å². The molecule has 2 aromatic rings. The Hall–Kier alpha value is -2.70. The van der Waals surface area contributed by atoms with Crippen LogP contribution in [0.4, 0.5) is 5.69 Å². The topological polar surface area (TPSA) is 99.8 Å². The summed E-state index contributed by atoms with van der Waals surface area (Å²) in [5.41, 5.74) is 1.04. The Morgan fingerprint density at radius 3 is 2.80 bits per heavy atom. The molecule has 104 valence electrons. The molecule has 0 saturated heterocycles. The molecular formula is C13H15N5O2. The number of hydrogen-bond acceptors (Lipinski definition) is 4. The summed E-state index contributed by atoms with van der Waals surface area (Å²) >= 11 is 0. The van der Waals surface area contributed by atoms with E-state index in [2.05, 4.69) is 25.8 Å². The van der Waals surface area contributed by atoms with Crippen molar-refractivity contribution in [2.45, 2.75) is 19.9 Å². The minimum Gasteiger partial charge on any atom is -0.342 e. The third kappa shape index (κ3) is 3.41. The van der Waals surface area contributed by atoms with Crippen molar-refractivity contribution in [3.63, 3.8) is 0 Å². The van der Waals surface area contributed by atoms with Crippen LogP contribution in [0.1, 0.15) is 36.1 Å². The van der Waals surface area contributed by atoms with Gasteiger partial charge in [-0.25, -0.2) is 4.98 Å². The summed E-state index contributed by atoms with van der Waals surface area (Å²) in [6.07, 6.45) is 1.38. The largest absolute Gasteiger partial charge is 0.342 e. The molecule has 1 aromatic carbocycles. The van der Waals surface area contributed by atoms with Crippen molar-refractivity contribution >= 4 is 17.5 Å². The van der Waals surface area contributed by atoms with Gasteiger partial charge in [-0.15, -0.1) is 0 Å². The fourth-order valence-electron chi connectivity index (χ4n) is 1.71. The Morgan fingerprint density at radius 2 is 2.15 bits per heavy atom. The number of H-pyrrole nitrogens is 1. The molecule has 2 amide bonds. The van der Waals surface area contributed by atoms with Gasteiger partial charge in [0.15, 0.2) is 0 Å². The van der Waals surface area contributed by atoms with E-state index in [1.165, 1.54) is 13.3 Å². The molecule has 0 aliphatic rings. The van der Waals surface area contributed by atoms with Crippen molar-refractivity contribution in [2.75, 3.05) is 5.32 Å². The quantitative estimate of drug-likeness (QED) is 0.780. The molecule has 1 unspecified atom stereocenters. The highest BCUT2D eigenvalue weighted by Crippen LogP contribution is 2.12. The maximum Gasteiger partial charge on any atom is 0.251 e. The molecule has 3 N–H and O–H groups in total. The van der Waals surface area contributed by atoms with E-state index in [-0.39, 0.29) is 17.9 Å². The van der Waals surface area contributed by atoms with Gasteiger partial charge in [-0.1, -0.05) is 6.07 Å². The van der Waals surface area contributed by atoms with Gasteiger partial charge in [0.2, 0.25) is 5.91 Å². The Bertz CT molecular complexity index is 609. The third-order valence-electron chi connectivity index (χ3n) is 2.64. The van der Waals surface area contributed by atoms with Crippen LogP contribution in [0.5, 0.6) is 0 Å². The Morgan fingerprint density at radius 1 is 1.35 bits per heavy atom. The van der Waals surface area contributed by atoms with Gasteiger partial charge >= 0.3 is 0 Å². The van der Waals surface area contributed by atoms with Crippen LogP contribution < -0.4 is 10.6 Å². The molecule has 0 spiro atoms. The number of nitrogens with zero attached hydrogens (tertiary/aromatic N) is 2. The number of carbonyl (C=O) groups excluding carboxylic acids is 2. The second-order valence-electron chi connectivity index (χ2n) is 4.33. The third-order valence-corrected chi connectivity index (χ3v) is 2.64. The SMILES string of the molecule is CC(=O)Nc1cccc(C(=O)NC(C)c2ncn[nH]2)c1. The smallest absolute Gasteiger partial charge is 0.251 e. The molecular weight excluding hydrogens is 258 g/mol. The van der Waals surface area contributed by atoms with Gasteiger partial charge in [0.25, 0.3) is 5.91 Å².